The monoisotopic (exact) mass is 380 g/mol. The molecule has 4 rings (SSSR count). The van der Waals surface area contributed by atoms with E-state index in [1.807, 2.05) is 59.8 Å². The number of thiophene rings is 1. The standard InChI is InChI=1S/C19H20N6OS/c1-15-8-9-25(22-15)18-6-5-17(20-21-18)23-10-12-24(13-11-23)19(26)7-4-16-3-2-14-27-16/h2-9,14H,10-13H2,1H3/b7-4+. The first-order valence-electron chi connectivity index (χ1n) is 8.81. The third kappa shape index (κ3) is 4.06. The molecule has 0 aliphatic carbocycles. The van der Waals surface area contributed by atoms with Gasteiger partial charge < -0.3 is 9.80 Å². The first-order valence-corrected chi connectivity index (χ1v) is 9.69. The van der Waals surface area contributed by atoms with Crippen LogP contribution in [0.4, 0.5) is 5.82 Å². The average Bonchev–Trinajstić information content (AvgIpc) is 3.38. The molecule has 138 valence electrons. The Morgan fingerprint density at radius 2 is 1.85 bits per heavy atom. The predicted octanol–water partition coefficient (Wildman–Crippen LogP) is 2.39. The second-order valence-corrected chi connectivity index (χ2v) is 7.29. The minimum Gasteiger partial charge on any atom is -0.352 e. The molecule has 0 spiro atoms. The normalized spacial score (nSPS) is 14.9. The maximum Gasteiger partial charge on any atom is 0.246 e. The van der Waals surface area contributed by atoms with Crippen LogP contribution in [0.5, 0.6) is 0 Å². The zero-order valence-electron chi connectivity index (χ0n) is 15.0. The summed E-state index contributed by atoms with van der Waals surface area (Å²) in [7, 11) is 0. The van der Waals surface area contributed by atoms with Crippen LogP contribution in [0.2, 0.25) is 0 Å². The van der Waals surface area contributed by atoms with Crippen LogP contribution in [-0.4, -0.2) is 57.0 Å². The van der Waals surface area contributed by atoms with Gasteiger partial charge in [0.2, 0.25) is 5.91 Å². The van der Waals surface area contributed by atoms with Crippen molar-refractivity contribution < 1.29 is 4.79 Å². The van der Waals surface area contributed by atoms with Crippen molar-refractivity contribution in [3.63, 3.8) is 0 Å². The smallest absolute Gasteiger partial charge is 0.246 e. The molecule has 4 heterocycles. The van der Waals surface area contributed by atoms with Crippen LogP contribution in [0.3, 0.4) is 0 Å². The highest BCUT2D eigenvalue weighted by atomic mass is 32.1. The molecule has 1 fully saturated rings. The Labute approximate surface area is 161 Å². The third-order valence-electron chi connectivity index (χ3n) is 4.44. The van der Waals surface area contributed by atoms with Crippen molar-refractivity contribution in [3.8, 4) is 5.82 Å². The average molecular weight is 380 g/mol. The van der Waals surface area contributed by atoms with Crippen molar-refractivity contribution in [1.29, 1.82) is 0 Å². The summed E-state index contributed by atoms with van der Waals surface area (Å²) in [4.78, 5) is 17.4. The number of piperazine rings is 1. The fourth-order valence-corrected chi connectivity index (χ4v) is 3.57. The Morgan fingerprint density at radius 1 is 1.07 bits per heavy atom. The van der Waals surface area contributed by atoms with Crippen molar-refractivity contribution in [2.45, 2.75) is 6.92 Å². The number of amides is 1. The second kappa shape index (κ2) is 7.71. The van der Waals surface area contributed by atoms with E-state index in [1.54, 1.807) is 22.1 Å². The van der Waals surface area contributed by atoms with Gasteiger partial charge in [-0.2, -0.15) is 5.10 Å². The number of aryl methyl sites for hydroxylation is 1. The lowest BCUT2D eigenvalue weighted by Crippen LogP contribution is -2.48. The summed E-state index contributed by atoms with van der Waals surface area (Å²) in [5.74, 6) is 1.57. The van der Waals surface area contributed by atoms with Crippen molar-refractivity contribution in [3.05, 3.63) is 58.6 Å². The second-order valence-electron chi connectivity index (χ2n) is 6.31. The molecule has 3 aromatic heterocycles. The highest BCUT2D eigenvalue weighted by molar-refractivity contribution is 7.10. The molecule has 0 atom stereocenters. The summed E-state index contributed by atoms with van der Waals surface area (Å²) in [6.07, 6.45) is 5.40. The van der Waals surface area contributed by atoms with Gasteiger partial charge in [-0.1, -0.05) is 6.07 Å². The summed E-state index contributed by atoms with van der Waals surface area (Å²) < 4.78 is 1.71. The summed E-state index contributed by atoms with van der Waals surface area (Å²) >= 11 is 1.62. The molecule has 0 bridgehead atoms. The largest absolute Gasteiger partial charge is 0.352 e. The van der Waals surface area contributed by atoms with Crippen molar-refractivity contribution >= 4 is 29.1 Å². The summed E-state index contributed by atoms with van der Waals surface area (Å²) in [6.45, 7) is 4.78. The molecule has 0 unspecified atom stereocenters. The Kier molecular flexibility index (Phi) is 4.97. The lowest BCUT2D eigenvalue weighted by Gasteiger charge is -2.34. The van der Waals surface area contributed by atoms with Crippen molar-refractivity contribution in [2.24, 2.45) is 0 Å². The van der Waals surface area contributed by atoms with Crippen LogP contribution in [0.25, 0.3) is 11.9 Å². The van der Waals surface area contributed by atoms with Crippen LogP contribution in [-0.2, 0) is 4.79 Å². The molecule has 0 aromatic carbocycles. The molecule has 3 aromatic rings. The zero-order chi connectivity index (χ0) is 18.6. The minimum absolute atomic E-state index is 0.0542. The Bertz CT molecular complexity index is 924. The molecule has 27 heavy (non-hydrogen) atoms. The Morgan fingerprint density at radius 3 is 2.48 bits per heavy atom. The molecule has 1 aliphatic heterocycles. The number of aromatic nitrogens is 4. The van der Waals surface area contributed by atoms with Crippen LogP contribution < -0.4 is 4.90 Å². The molecular formula is C19H20N6OS. The number of carbonyl (C=O) groups is 1. The Balaban J connectivity index is 1.34. The third-order valence-corrected chi connectivity index (χ3v) is 5.28. The maximum atomic E-state index is 12.3. The molecular weight excluding hydrogens is 360 g/mol. The van der Waals surface area contributed by atoms with E-state index >= 15 is 0 Å². The van der Waals surface area contributed by atoms with Crippen molar-refractivity contribution in [1.82, 2.24) is 24.9 Å². The lowest BCUT2D eigenvalue weighted by molar-refractivity contribution is -0.126. The van der Waals surface area contributed by atoms with Crippen LogP contribution in [0.1, 0.15) is 10.6 Å². The molecule has 0 radical (unpaired) electrons. The molecule has 8 heteroatoms. The van der Waals surface area contributed by atoms with E-state index in [2.05, 4.69) is 20.2 Å². The number of hydrogen-bond donors (Lipinski definition) is 0. The number of hydrogen-bond acceptors (Lipinski definition) is 6. The van der Waals surface area contributed by atoms with Crippen molar-refractivity contribution in [2.75, 3.05) is 31.1 Å². The van der Waals surface area contributed by atoms with E-state index in [-0.39, 0.29) is 5.91 Å². The molecule has 0 N–H and O–H groups in total. The van der Waals surface area contributed by atoms with Crippen LogP contribution in [0.15, 0.2) is 48.0 Å². The first kappa shape index (κ1) is 17.4. The topological polar surface area (TPSA) is 67.2 Å². The maximum absolute atomic E-state index is 12.3. The Hall–Kier alpha value is -3.00. The highest BCUT2D eigenvalue weighted by Gasteiger charge is 2.20. The number of carbonyl (C=O) groups excluding carboxylic acids is 1. The lowest BCUT2D eigenvalue weighted by atomic mass is 10.3. The van der Waals surface area contributed by atoms with Crippen LogP contribution in [0, 0.1) is 6.92 Å². The zero-order valence-corrected chi connectivity index (χ0v) is 15.8. The van der Waals surface area contributed by atoms with E-state index in [4.69, 9.17) is 0 Å². The van der Waals surface area contributed by atoms with Crippen LogP contribution >= 0.6 is 11.3 Å². The van der Waals surface area contributed by atoms with Gasteiger partial charge >= 0.3 is 0 Å². The van der Waals surface area contributed by atoms with Gasteiger partial charge in [0.05, 0.1) is 5.69 Å². The fourth-order valence-electron chi connectivity index (χ4n) is 2.95. The molecule has 0 saturated carbocycles. The van der Waals surface area contributed by atoms with Gasteiger partial charge in [-0.05, 0) is 42.6 Å². The predicted molar refractivity (Wildman–Crippen MR) is 106 cm³/mol. The van der Waals surface area contributed by atoms with Gasteiger partial charge in [0.1, 0.15) is 0 Å². The minimum atomic E-state index is 0.0542. The molecule has 1 amide bonds. The van der Waals surface area contributed by atoms with Gasteiger partial charge in [-0.25, -0.2) is 4.68 Å². The number of nitrogens with zero attached hydrogens (tertiary/aromatic N) is 6. The van der Waals surface area contributed by atoms with Gasteiger partial charge in [-0.15, -0.1) is 21.5 Å². The van der Waals surface area contributed by atoms with Gasteiger partial charge in [0.15, 0.2) is 11.6 Å². The van der Waals surface area contributed by atoms with Gasteiger partial charge in [0, 0.05) is 43.3 Å². The van der Waals surface area contributed by atoms with E-state index in [9.17, 15) is 4.79 Å². The summed E-state index contributed by atoms with van der Waals surface area (Å²) in [5, 5.41) is 14.9. The van der Waals surface area contributed by atoms with Gasteiger partial charge in [-0.3, -0.25) is 4.79 Å². The summed E-state index contributed by atoms with van der Waals surface area (Å²) in [5.41, 5.74) is 0.940. The quantitative estimate of drug-likeness (QED) is 0.650. The molecule has 1 aliphatic rings. The number of rotatable bonds is 4. The molecule has 7 nitrogen and oxygen atoms in total. The fraction of sp³-hybridized carbons (Fsp3) is 0.263. The first-order chi connectivity index (χ1) is 13.2. The van der Waals surface area contributed by atoms with Gasteiger partial charge in [0.25, 0.3) is 0 Å². The number of anilines is 1. The highest BCUT2D eigenvalue weighted by Crippen LogP contribution is 2.15. The van der Waals surface area contributed by atoms with E-state index < -0.39 is 0 Å². The van der Waals surface area contributed by atoms with E-state index in [0.717, 1.165) is 29.5 Å². The van der Waals surface area contributed by atoms with E-state index in [0.29, 0.717) is 18.9 Å². The summed E-state index contributed by atoms with van der Waals surface area (Å²) in [6, 6.07) is 9.77. The SMILES string of the molecule is Cc1ccn(-c2ccc(N3CCN(C(=O)/C=C/c4cccs4)CC3)nn2)n1. The van der Waals surface area contributed by atoms with E-state index in [1.165, 1.54) is 0 Å². The molecule has 1 saturated heterocycles.